The van der Waals surface area contributed by atoms with Crippen LogP contribution in [-0.2, 0) is 9.84 Å². The lowest BCUT2D eigenvalue weighted by atomic mass is 10.2. The maximum Gasteiger partial charge on any atom is 0.180 e. The number of nitriles is 1. The van der Waals surface area contributed by atoms with E-state index in [9.17, 15) is 8.42 Å². The minimum Gasteiger partial charge on any atom is -0.382 e. The van der Waals surface area contributed by atoms with E-state index < -0.39 is 9.84 Å². The van der Waals surface area contributed by atoms with Crippen LogP contribution in [0.25, 0.3) is 5.69 Å². The molecule has 1 aromatic carbocycles. The summed E-state index contributed by atoms with van der Waals surface area (Å²) < 4.78 is 24.2. The highest BCUT2D eigenvalue weighted by molar-refractivity contribution is 7.90. The van der Waals surface area contributed by atoms with Crippen molar-refractivity contribution >= 4 is 15.7 Å². The lowest BCUT2D eigenvalue weighted by molar-refractivity contribution is 0.602. The molecule has 0 aliphatic carbocycles. The Hall–Kier alpha value is -2.33. The van der Waals surface area contributed by atoms with Crippen molar-refractivity contribution in [3.63, 3.8) is 0 Å². The van der Waals surface area contributed by atoms with Crippen molar-refractivity contribution in [2.45, 2.75) is 4.90 Å². The normalized spacial score (nSPS) is 11.1. The van der Waals surface area contributed by atoms with Gasteiger partial charge in [0, 0.05) is 6.26 Å². The van der Waals surface area contributed by atoms with E-state index in [4.69, 9.17) is 11.0 Å². The van der Waals surface area contributed by atoms with Gasteiger partial charge in [0.15, 0.2) is 9.84 Å². The number of hydrogen-bond acceptors (Lipinski definition) is 5. The smallest absolute Gasteiger partial charge is 0.180 e. The summed E-state index contributed by atoms with van der Waals surface area (Å²) in [5, 5.41) is 12.7. The summed E-state index contributed by atoms with van der Waals surface area (Å²) in [6.07, 6.45) is 2.26. The number of nitrogens with two attached hydrogens (primary N) is 1. The van der Waals surface area contributed by atoms with Crippen LogP contribution >= 0.6 is 0 Å². The highest BCUT2D eigenvalue weighted by Crippen LogP contribution is 2.21. The van der Waals surface area contributed by atoms with Crippen molar-refractivity contribution in [2.75, 3.05) is 12.0 Å². The summed E-state index contributed by atoms with van der Waals surface area (Å²) in [6, 6.07) is 8.58. The van der Waals surface area contributed by atoms with Gasteiger partial charge in [-0.1, -0.05) is 6.07 Å². The molecular weight excluding hydrogens is 252 g/mol. The molecule has 0 bridgehead atoms. The standard InChI is InChI=1S/C11H10N4O2S/c1-18(16,17)10-7-14-15(11(10)13)9-4-2-3-8(5-9)6-12/h2-5,7H,13H2,1H3. The van der Waals surface area contributed by atoms with Crippen LogP contribution in [-0.4, -0.2) is 24.5 Å². The van der Waals surface area contributed by atoms with Crippen LogP contribution in [0.5, 0.6) is 0 Å². The highest BCUT2D eigenvalue weighted by atomic mass is 32.2. The quantitative estimate of drug-likeness (QED) is 0.859. The molecule has 0 aliphatic rings. The number of anilines is 1. The Morgan fingerprint density at radius 3 is 2.72 bits per heavy atom. The number of benzene rings is 1. The summed E-state index contributed by atoms with van der Waals surface area (Å²) >= 11 is 0. The molecule has 0 atom stereocenters. The summed E-state index contributed by atoms with van der Waals surface area (Å²) in [7, 11) is -3.41. The van der Waals surface area contributed by atoms with Gasteiger partial charge in [0.25, 0.3) is 0 Å². The van der Waals surface area contributed by atoms with Gasteiger partial charge in [-0.3, -0.25) is 0 Å². The third-order valence-corrected chi connectivity index (χ3v) is 3.50. The number of sulfone groups is 1. The van der Waals surface area contributed by atoms with Gasteiger partial charge >= 0.3 is 0 Å². The molecule has 7 heteroatoms. The molecule has 2 rings (SSSR count). The van der Waals surface area contributed by atoms with E-state index in [0.29, 0.717) is 11.3 Å². The topological polar surface area (TPSA) is 102 Å². The van der Waals surface area contributed by atoms with Crippen LogP contribution in [0.2, 0.25) is 0 Å². The van der Waals surface area contributed by atoms with Gasteiger partial charge < -0.3 is 5.73 Å². The zero-order valence-electron chi connectivity index (χ0n) is 9.53. The van der Waals surface area contributed by atoms with Crippen molar-refractivity contribution in [3.05, 3.63) is 36.0 Å². The molecule has 18 heavy (non-hydrogen) atoms. The first-order valence-electron chi connectivity index (χ1n) is 4.97. The minimum absolute atomic E-state index is 0.0233. The van der Waals surface area contributed by atoms with E-state index in [1.54, 1.807) is 24.3 Å². The van der Waals surface area contributed by atoms with Gasteiger partial charge in [0.1, 0.15) is 10.7 Å². The first-order chi connectivity index (χ1) is 8.43. The fourth-order valence-electron chi connectivity index (χ4n) is 1.54. The number of rotatable bonds is 2. The molecule has 6 nitrogen and oxygen atoms in total. The fraction of sp³-hybridized carbons (Fsp3) is 0.0909. The van der Waals surface area contributed by atoms with E-state index in [-0.39, 0.29) is 10.7 Å². The second-order valence-electron chi connectivity index (χ2n) is 3.74. The Morgan fingerprint density at radius 1 is 1.44 bits per heavy atom. The summed E-state index contributed by atoms with van der Waals surface area (Å²) in [4.78, 5) is -0.0233. The summed E-state index contributed by atoms with van der Waals surface area (Å²) in [6.45, 7) is 0. The molecular formula is C11H10N4O2S. The average molecular weight is 262 g/mol. The Morgan fingerprint density at radius 2 is 2.17 bits per heavy atom. The maximum atomic E-state index is 11.4. The van der Waals surface area contributed by atoms with Crippen LogP contribution in [0.3, 0.4) is 0 Å². The zero-order chi connectivity index (χ0) is 13.3. The monoisotopic (exact) mass is 262 g/mol. The Bertz CT molecular complexity index is 741. The molecule has 0 spiro atoms. The van der Waals surface area contributed by atoms with E-state index in [2.05, 4.69) is 5.10 Å². The molecule has 0 saturated carbocycles. The molecule has 1 aromatic heterocycles. The first kappa shape index (κ1) is 12.1. The second-order valence-corrected chi connectivity index (χ2v) is 5.72. The third kappa shape index (κ3) is 2.06. The first-order valence-corrected chi connectivity index (χ1v) is 6.86. The second kappa shape index (κ2) is 4.16. The van der Waals surface area contributed by atoms with Gasteiger partial charge in [-0.25, -0.2) is 13.1 Å². The predicted molar refractivity (Wildman–Crippen MR) is 65.8 cm³/mol. The summed E-state index contributed by atoms with van der Waals surface area (Å²) in [5.41, 5.74) is 6.74. The van der Waals surface area contributed by atoms with Gasteiger partial charge in [-0.05, 0) is 18.2 Å². The lowest BCUT2D eigenvalue weighted by Gasteiger charge is -2.04. The van der Waals surface area contributed by atoms with E-state index >= 15 is 0 Å². The molecule has 0 radical (unpaired) electrons. The molecule has 0 amide bonds. The molecule has 1 heterocycles. The van der Waals surface area contributed by atoms with Crippen LogP contribution in [0.4, 0.5) is 5.82 Å². The van der Waals surface area contributed by atoms with Crippen LogP contribution in [0.15, 0.2) is 35.4 Å². The number of hydrogen-bond donors (Lipinski definition) is 1. The van der Waals surface area contributed by atoms with Gasteiger partial charge in [-0.2, -0.15) is 10.4 Å². The third-order valence-electron chi connectivity index (χ3n) is 2.39. The molecule has 92 valence electrons. The molecule has 0 fully saturated rings. The van der Waals surface area contributed by atoms with Gasteiger partial charge in [0.2, 0.25) is 0 Å². The zero-order valence-corrected chi connectivity index (χ0v) is 10.3. The fourth-order valence-corrected chi connectivity index (χ4v) is 2.25. The summed E-state index contributed by atoms with van der Waals surface area (Å²) in [5.74, 6) is 0.0348. The molecule has 2 aromatic rings. The van der Waals surface area contributed by atoms with E-state index in [1.807, 2.05) is 6.07 Å². The molecule has 2 N–H and O–H groups in total. The molecule has 0 unspecified atom stereocenters. The van der Waals surface area contributed by atoms with Crippen molar-refractivity contribution in [1.29, 1.82) is 5.26 Å². The van der Waals surface area contributed by atoms with Crippen LogP contribution in [0.1, 0.15) is 5.56 Å². The highest BCUT2D eigenvalue weighted by Gasteiger charge is 2.17. The number of nitrogen functional groups attached to an aromatic ring is 1. The molecule has 0 aliphatic heterocycles. The largest absolute Gasteiger partial charge is 0.382 e. The van der Waals surface area contributed by atoms with E-state index in [1.165, 1.54) is 10.9 Å². The van der Waals surface area contributed by atoms with Crippen molar-refractivity contribution in [1.82, 2.24) is 9.78 Å². The van der Waals surface area contributed by atoms with Gasteiger partial charge in [0.05, 0.1) is 23.5 Å². The maximum absolute atomic E-state index is 11.4. The van der Waals surface area contributed by atoms with Crippen molar-refractivity contribution < 1.29 is 8.42 Å². The van der Waals surface area contributed by atoms with Gasteiger partial charge in [-0.15, -0.1) is 0 Å². The Labute approximate surface area is 104 Å². The van der Waals surface area contributed by atoms with Crippen LogP contribution in [0, 0.1) is 11.3 Å². The predicted octanol–water partition coefficient (Wildman–Crippen LogP) is 0.730. The lowest BCUT2D eigenvalue weighted by Crippen LogP contribution is -2.05. The Kier molecular flexibility index (Phi) is 2.80. The SMILES string of the molecule is CS(=O)(=O)c1cnn(-c2cccc(C#N)c2)c1N. The van der Waals surface area contributed by atoms with Crippen molar-refractivity contribution in [3.8, 4) is 11.8 Å². The number of aromatic nitrogens is 2. The van der Waals surface area contributed by atoms with Crippen LogP contribution < -0.4 is 5.73 Å². The Balaban J connectivity index is 2.60. The minimum atomic E-state index is -3.41. The van der Waals surface area contributed by atoms with E-state index in [0.717, 1.165) is 6.26 Å². The molecule has 0 saturated heterocycles. The average Bonchev–Trinajstić information content (AvgIpc) is 2.71. The van der Waals surface area contributed by atoms with Crippen molar-refractivity contribution in [2.24, 2.45) is 0 Å². The number of nitrogens with zero attached hydrogens (tertiary/aromatic N) is 3.